The highest BCUT2D eigenvalue weighted by molar-refractivity contribution is 7.86. The van der Waals surface area contributed by atoms with Crippen molar-refractivity contribution in [3.8, 4) is 0 Å². The van der Waals surface area contributed by atoms with Gasteiger partial charge in [-0.05, 0) is 6.92 Å². The standard InChI is InChI=1S/C4H10N2O4S/c1-3(11(8,9)10)6(2)4(5)7/h3H,1-2H3,(H2,5,7)(H,8,9,10). The Hall–Kier alpha value is -0.820. The molecule has 0 saturated heterocycles. The first kappa shape index (κ1) is 10.2. The second-order valence-electron chi connectivity index (χ2n) is 2.06. The third-order valence-corrected chi connectivity index (χ3v) is 2.50. The summed E-state index contributed by atoms with van der Waals surface area (Å²) in [5, 5.41) is -1.31. The van der Waals surface area contributed by atoms with Crippen molar-refractivity contribution in [2.24, 2.45) is 5.73 Å². The first-order valence-corrected chi connectivity index (χ1v) is 4.25. The van der Waals surface area contributed by atoms with Crippen LogP contribution in [0.15, 0.2) is 0 Å². The van der Waals surface area contributed by atoms with Gasteiger partial charge in [-0.2, -0.15) is 8.42 Å². The zero-order valence-corrected chi connectivity index (χ0v) is 7.00. The van der Waals surface area contributed by atoms with Crippen molar-refractivity contribution in [3.63, 3.8) is 0 Å². The molecule has 0 aliphatic carbocycles. The SMILES string of the molecule is CC(N(C)C(N)=O)S(=O)(=O)O. The van der Waals surface area contributed by atoms with Gasteiger partial charge in [0.15, 0.2) is 5.37 Å². The fraction of sp³-hybridized carbons (Fsp3) is 0.750. The summed E-state index contributed by atoms with van der Waals surface area (Å²) in [4.78, 5) is 11.1. The number of primary amides is 1. The van der Waals surface area contributed by atoms with Crippen LogP contribution in [0, 0.1) is 0 Å². The molecular formula is C4H10N2O4S. The van der Waals surface area contributed by atoms with Gasteiger partial charge in [-0.15, -0.1) is 0 Å². The van der Waals surface area contributed by atoms with E-state index in [0.717, 1.165) is 11.8 Å². The Labute approximate surface area is 64.7 Å². The summed E-state index contributed by atoms with van der Waals surface area (Å²) >= 11 is 0. The van der Waals surface area contributed by atoms with E-state index in [1.165, 1.54) is 7.05 Å². The number of amides is 2. The van der Waals surface area contributed by atoms with Gasteiger partial charge in [0, 0.05) is 7.05 Å². The Balaban J connectivity index is 4.51. The van der Waals surface area contributed by atoms with Crippen molar-refractivity contribution in [3.05, 3.63) is 0 Å². The first-order valence-electron chi connectivity index (χ1n) is 2.75. The minimum Gasteiger partial charge on any atom is -0.351 e. The smallest absolute Gasteiger partial charge is 0.315 e. The monoisotopic (exact) mass is 182 g/mol. The number of urea groups is 1. The van der Waals surface area contributed by atoms with Crippen LogP contribution >= 0.6 is 0 Å². The van der Waals surface area contributed by atoms with E-state index in [4.69, 9.17) is 10.3 Å². The topological polar surface area (TPSA) is 101 Å². The molecule has 0 aliphatic heterocycles. The van der Waals surface area contributed by atoms with Crippen LogP contribution in [0.1, 0.15) is 6.92 Å². The summed E-state index contributed by atoms with van der Waals surface area (Å²) in [6, 6.07) is -0.907. The maximum Gasteiger partial charge on any atom is 0.315 e. The van der Waals surface area contributed by atoms with E-state index in [1.807, 2.05) is 0 Å². The number of hydrogen-bond acceptors (Lipinski definition) is 3. The maximum absolute atomic E-state index is 10.4. The molecule has 6 nitrogen and oxygen atoms in total. The average Bonchev–Trinajstić information content (AvgIpc) is 1.82. The molecule has 0 aromatic heterocycles. The normalized spacial score (nSPS) is 14.1. The van der Waals surface area contributed by atoms with Gasteiger partial charge in [0.2, 0.25) is 0 Å². The molecule has 0 rings (SSSR count). The molecule has 0 aliphatic rings. The Morgan fingerprint density at radius 3 is 2.09 bits per heavy atom. The number of hydrogen-bond donors (Lipinski definition) is 2. The molecule has 11 heavy (non-hydrogen) atoms. The van der Waals surface area contributed by atoms with Gasteiger partial charge < -0.3 is 10.6 Å². The largest absolute Gasteiger partial charge is 0.351 e. The molecule has 0 radical (unpaired) electrons. The van der Waals surface area contributed by atoms with Crippen LogP contribution in [0.3, 0.4) is 0 Å². The Morgan fingerprint density at radius 1 is 1.64 bits per heavy atom. The minimum absolute atomic E-state index is 0.718. The number of nitrogens with two attached hydrogens (primary N) is 1. The molecule has 2 amide bonds. The summed E-state index contributed by atoms with van der Waals surface area (Å²) in [5.74, 6) is 0. The molecule has 0 saturated carbocycles. The van der Waals surface area contributed by atoms with Crippen molar-refractivity contribution < 1.29 is 17.8 Å². The van der Waals surface area contributed by atoms with Crippen molar-refractivity contribution in [1.29, 1.82) is 0 Å². The van der Waals surface area contributed by atoms with E-state index in [-0.39, 0.29) is 0 Å². The van der Waals surface area contributed by atoms with E-state index in [0.29, 0.717) is 0 Å². The lowest BCUT2D eigenvalue weighted by Gasteiger charge is -2.19. The van der Waals surface area contributed by atoms with E-state index >= 15 is 0 Å². The molecule has 0 spiro atoms. The average molecular weight is 182 g/mol. The fourth-order valence-corrected chi connectivity index (χ4v) is 0.883. The lowest BCUT2D eigenvalue weighted by molar-refractivity contribution is 0.213. The Morgan fingerprint density at radius 2 is 2.00 bits per heavy atom. The van der Waals surface area contributed by atoms with Gasteiger partial charge in [0.1, 0.15) is 0 Å². The van der Waals surface area contributed by atoms with Gasteiger partial charge in [-0.1, -0.05) is 0 Å². The van der Waals surface area contributed by atoms with Gasteiger partial charge >= 0.3 is 6.03 Å². The first-order chi connectivity index (χ1) is 4.76. The second-order valence-corrected chi connectivity index (χ2v) is 3.78. The molecule has 66 valence electrons. The second kappa shape index (κ2) is 3.05. The highest BCUT2D eigenvalue weighted by Crippen LogP contribution is 2.01. The number of nitrogens with zero attached hydrogens (tertiary/aromatic N) is 1. The van der Waals surface area contributed by atoms with Crippen LogP contribution < -0.4 is 5.73 Å². The Kier molecular flexibility index (Phi) is 2.83. The molecule has 0 aromatic carbocycles. The summed E-state index contributed by atoms with van der Waals surface area (Å²) < 4.78 is 29.2. The fourth-order valence-electron chi connectivity index (χ4n) is 0.379. The summed E-state index contributed by atoms with van der Waals surface area (Å²) in [5.41, 5.74) is 4.74. The number of rotatable bonds is 2. The molecule has 0 aromatic rings. The van der Waals surface area contributed by atoms with Gasteiger partial charge in [0.25, 0.3) is 10.1 Å². The zero-order chi connectivity index (χ0) is 9.23. The van der Waals surface area contributed by atoms with E-state index < -0.39 is 21.5 Å². The minimum atomic E-state index is -4.22. The van der Waals surface area contributed by atoms with Gasteiger partial charge in [-0.3, -0.25) is 4.55 Å². The van der Waals surface area contributed by atoms with Gasteiger partial charge in [0.05, 0.1) is 0 Å². The van der Waals surface area contributed by atoms with Crippen LogP contribution in [0.4, 0.5) is 4.79 Å². The van der Waals surface area contributed by atoms with Crippen molar-refractivity contribution in [1.82, 2.24) is 4.90 Å². The Bertz CT molecular complexity index is 247. The van der Waals surface area contributed by atoms with E-state index in [2.05, 4.69) is 0 Å². The summed E-state index contributed by atoms with van der Waals surface area (Å²) in [6.45, 7) is 1.15. The molecule has 7 heteroatoms. The van der Waals surface area contributed by atoms with E-state index in [9.17, 15) is 13.2 Å². The van der Waals surface area contributed by atoms with Crippen LogP contribution in [0.25, 0.3) is 0 Å². The maximum atomic E-state index is 10.4. The van der Waals surface area contributed by atoms with Gasteiger partial charge in [-0.25, -0.2) is 4.79 Å². The van der Waals surface area contributed by atoms with Crippen LogP contribution in [0.2, 0.25) is 0 Å². The van der Waals surface area contributed by atoms with E-state index in [1.54, 1.807) is 0 Å². The predicted octanol–water partition coefficient (Wildman–Crippen LogP) is -0.769. The number of carbonyl (C=O) groups excluding carboxylic acids is 1. The van der Waals surface area contributed by atoms with Crippen molar-refractivity contribution in [2.75, 3.05) is 7.05 Å². The molecule has 0 bridgehead atoms. The van der Waals surface area contributed by atoms with Crippen LogP contribution in [0.5, 0.6) is 0 Å². The third-order valence-electron chi connectivity index (χ3n) is 1.32. The number of carbonyl (C=O) groups is 1. The van der Waals surface area contributed by atoms with Crippen LogP contribution in [-0.4, -0.2) is 36.3 Å². The zero-order valence-electron chi connectivity index (χ0n) is 6.18. The highest BCUT2D eigenvalue weighted by atomic mass is 32.2. The molecule has 1 unspecified atom stereocenters. The molecule has 3 N–H and O–H groups in total. The summed E-state index contributed by atoms with van der Waals surface area (Å²) in [6.07, 6.45) is 0. The quantitative estimate of drug-likeness (QED) is 0.547. The molecular weight excluding hydrogens is 172 g/mol. The van der Waals surface area contributed by atoms with Crippen molar-refractivity contribution >= 4 is 16.1 Å². The highest BCUT2D eigenvalue weighted by Gasteiger charge is 2.24. The molecule has 0 fully saturated rings. The molecule has 0 heterocycles. The predicted molar refractivity (Wildman–Crippen MR) is 38.4 cm³/mol. The van der Waals surface area contributed by atoms with Crippen LogP contribution in [-0.2, 0) is 10.1 Å². The summed E-state index contributed by atoms with van der Waals surface area (Å²) in [7, 11) is -3.04. The third kappa shape index (κ3) is 2.72. The lowest BCUT2D eigenvalue weighted by Crippen LogP contribution is -2.42. The van der Waals surface area contributed by atoms with Crippen molar-refractivity contribution in [2.45, 2.75) is 12.3 Å². The molecule has 1 atom stereocenters. The lowest BCUT2D eigenvalue weighted by atomic mass is 10.6.